The maximum atomic E-state index is 13.6. The van der Waals surface area contributed by atoms with E-state index in [1.807, 2.05) is 0 Å². The Hall–Kier alpha value is -1.69. The number of aromatic nitrogens is 1. The third-order valence-electron chi connectivity index (χ3n) is 2.85. The Morgan fingerprint density at radius 3 is 2.65 bits per heavy atom. The van der Waals surface area contributed by atoms with Gasteiger partial charge < -0.3 is 4.42 Å². The first kappa shape index (κ1) is 14.7. The van der Waals surface area contributed by atoms with Gasteiger partial charge in [0.1, 0.15) is 17.4 Å². The minimum atomic E-state index is -0.733. The normalized spacial score (nSPS) is 12.4. The average molecular weight is 297 g/mol. The van der Waals surface area contributed by atoms with E-state index < -0.39 is 22.7 Å². The molecule has 20 heavy (non-hydrogen) atoms. The average Bonchev–Trinajstić information content (AvgIpc) is 2.70. The van der Waals surface area contributed by atoms with E-state index in [2.05, 4.69) is 4.98 Å². The Bertz CT molecular complexity index is 635. The summed E-state index contributed by atoms with van der Waals surface area (Å²) < 4.78 is 32.0. The highest BCUT2D eigenvalue weighted by Gasteiger charge is 2.22. The number of Topliss-reactive ketones (excluding diaryl/α,β-unsaturated/α-hetero) is 1. The number of thioether (sulfide) groups is 1. The first-order valence-electron chi connectivity index (χ1n) is 5.98. The highest BCUT2D eigenvalue weighted by molar-refractivity contribution is 8.00. The van der Waals surface area contributed by atoms with Crippen LogP contribution in [-0.4, -0.2) is 16.0 Å². The number of carbonyl (C=O) groups is 1. The maximum absolute atomic E-state index is 13.6. The van der Waals surface area contributed by atoms with Crippen molar-refractivity contribution in [2.24, 2.45) is 0 Å². The molecule has 0 saturated heterocycles. The van der Waals surface area contributed by atoms with Gasteiger partial charge >= 0.3 is 0 Å². The lowest BCUT2D eigenvalue weighted by Gasteiger charge is -2.08. The molecule has 0 aliphatic heterocycles. The Morgan fingerprint density at radius 2 is 2.05 bits per heavy atom. The molecule has 6 heteroatoms. The molecule has 0 saturated carbocycles. The molecule has 0 amide bonds. The smallest absolute Gasteiger partial charge is 0.256 e. The summed E-state index contributed by atoms with van der Waals surface area (Å²) in [6.45, 7) is 5.17. The zero-order valence-electron chi connectivity index (χ0n) is 11.2. The molecule has 1 aromatic heterocycles. The van der Waals surface area contributed by atoms with Crippen LogP contribution >= 0.6 is 11.8 Å². The van der Waals surface area contributed by atoms with E-state index in [0.717, 1.165) is 35.7 Å². The first-order valence-corrected chi connectivity index (χ1v) is 6.86. The standard InChI is InChI=1S/C14H13F2NO2S/c1-7-8(2)19-14(17-7)20-9(3)13(18)11-6-10(15)4-5-12(11)16/h4-6,9H,1-3H3/t9-/m1/s1. The highest BCUT2D eigenvalue weighted by Crippen LogP contribution is 2.27. The SMILES string of the molecule is Cc1nc(S[C@H](C)C(=O)c2cc(F)ccc2F)oc1C. The lowest BCUT2D eigenvalue weighted by molar-refractivity contribution is 0.0989. The second-order valence-corrected chi connectivity index (χ2v) is 5.66. The number of halogens is 2. The van der Waals surface area contributed by atoms with Crippen molar-refractivity contribution in [1.82, 2.24) is 4.98 Å². The fraction of sp³-hybridized carbons (Fsp3) is 0.286. The van der Waals surface area contributed by atoms with Crippen molar-refractivity contribution >= 4 is 17.5 Å². The quantitative estimate of drug-likeness (QED) is 0.633. The van der Waals surface area contributed by atoms with Crippen molar-refractivity contribution in [2.75, 3.05) is 0 Å². The van der Waals surface area contributed by atoms with Crippen molar-refractivity contribution in [1.29, 1.82) is 0 Å². The third-order valence-corrected chi connectivity index (χ3v) is 3.79. The molecule has 0 radical (unpaired) electrons. The molecule has 0 fully saturated rings. The Labute approximate surface area is 119 Å². The molecule has 0 aliphatic carbocycles. The fourth-order valence-electron chi connectivity index (χ4n) is 1.60. The van der Waals surface area contributed by atoms with Gasteiger partial charge in [-0.05, 0) is 39.0 Å². The number of hydrogen-bond donors (Lipinski definition) is 0. The summed E-state index contributed by atoms with van der Waals surface area (Å²) in [5.74, 6) is -1.21. The minimum Gasteiger partial charge on any atom is -0.437 e. The number of aryl methyl sites for hydroxylation is 2. The predicted molar refractivity (Wildman–Crippen MR) is 72.0 cm³/mol. The van der Waals surface area contributed by atoms with Crippen LogP contribution in [0, 0.1) is 25.5 Å². The van der Waals surface area contributed by atoms with E-state index in [1.165, 1.54) is 0 Å². The van der Waals surface area contributed by atoms with Crippen LogP contribution in [0.5, 0.6) is 0 Å². The van der Waals surface area contributed by atoms with E-state index in [0.29, 0.717) is 11.0 Å². The van der Waals surface area contributed by atoms with Gasteiger partial charge in [0, 0.05) is 0 Å². The van der Waals surface area contributed by atoms with Crippen LogP contribution in [0.25, 0.3) is 0 Å². The van der Waals surface area contributed by atoms with Gasteiger partial charge in [-0.15, -0.1) is 0 Å². The summed E-state index contributed by atoms with van der Waals surface area (Å²) in [5, 5.41) is -0.276. The van der Waals surface area contributed by atoms with Crippen molar-refractivity contribution in [3.8, 4) is 0 Å². The van der Waals surface area contributed by atoms with E-state index in [1.54, 1.807) is 20.8 Å². The highest BCUT2D eigenvalue weighted by atomic mass is 32.2. The number of oxazole rings is 1. The van der Waals surface area contributed by atoms with Crippen LogP contribution in [0.1, 0.15) is 28.7 Å². The number of benzene rings is 1. The maximum Gasteiger partial charge on any atom is 0.256 e. The molecule has 0 aliphatic rings. The second-order valence-electron chi connectivity index (χ2n) is 4.37. The molecule has 106 valence electrons. The molecule has 0 N–H and O–H groups in total. The molecule has 0 spiro atoms. The van der Waals surface area contributed by atoms with Gasteiger partial charge in [-0.25, -0.2) is 13.8 Å². The van der Waals surface area contributed by atoms with Crippen LogP contribution in [0.4, 0.5) is 8.78 Å². The summed E-state index contributed by atoms with van der Waals surface area (Å²) in [6, 6.07) is 2.82. The topological polar surface area (TPSA) is 43.1 Å². The monoisotopic (exact) mass is 297 g/mol. The Kier molecular flexibility index (Phi) is 4.23. The van der Waals surface area contributed by atoms with Gasteiger partial charge in [-0.1, -0.05) is 11.8 Å². The number of hydrogen-bond acceptors (Lipinski definition) is 4. The number of carbonyl (C=O) groups excluding carboxylic acids is 1. The first-order chi connectivity index (χ1) is 9.38. The fourth-order valence-corrected chi connectivity index (χ4v) is 2.50. The van der Waals surface area contributed by atoms with Gasteiger partial charge in [-0.3, -0.25) is 4.79 Å². The lowest BCUT2D eigenvalue weighted by Crippen LogP contribution is -2.15. The molecule has 1 atom stereocenters. The molecule has 2 aromatic rings. The summed E-state index contributed by atoms with van der Waals surface area (Å²) in [4.78, 5) is 16.3. The van der Waals surface area contributed by atoms with Crippen LogP contribution in [0.2, 0.25) is 0 Å². The largest absolute Gasteiger partial charge is 0.437 e. The van der Waals surface area contributed by atoms with E-state index in [4.69, 9.17) is 4.42 Å². The molecule has 2 rings (SSSR count). The summed E-state index contributed by atoms with van der Waals surface area (Å²) in [5.41, 5.74) is 0.481. The molecular formula is C14H13F2NO2S. The number of rotatable bonds is 4. The zero-order valence-corrected chi connectivity index (χ0v) is 12.1. The molecule has 3 nitrogen and oxygen atoms in total. The van der Waals surface area contributed by atoms with Crippen molar-refractivity contribution in [3.05, 3.63) is 46.9 Å². The predicted octanol–water partition coefficient (Wildman–Crippen LogP) is 3.93. The van der Waals surface area contributed by atoms with Crippen molar-refractivity contribution < 1.29 is 18.0 Å². The van der Waals surface area contributed by atoms with Crippen molar-refractivity contribution in [3.63, 3.8) is 0 Å². The molecule has 1 aromatic carbocycles. The molecule has 1 heterocycles. The van der Waals surface area contributed by atoms with Crippen molar-refractivity contribution in [2.45, 2.75) is 31.2 Å². The van der Waals surface area contributed by atoms with E-state index in [9.17, 15) is 13.6 Å². The molecule has 0 unspecified atom stereocenters. The minimum absolute atomic E-state index is 0.259. The number of nitrogens with zero attached hydrogens (tertiary/aromatic N) is 1. The van der Waals surface area contributed by atoms with Gasteiger partial charge in [0.2, 0.25) is 0 Å². The summed E-state index contributed by atoms with van der Waals surface area (Å²) in [7, 11) is 0. The summed E-state index contributed by atoms with van der Waals surface area (Å²) in [6.07, 6.45) is 0. The van der Waals surface area contributed by atoms with Crippen LogP contribution < -0.4 is 0 Å². The second kappa shape index (κ2) is 5.75. The van der Waals surface area contributed by atoms with Gasteiger partial charge in [-0.2, -0.15) is 0 Å². The summed E-state index contributed by atoms with van der Waals surface area (Å²) >= 11 is 1.08. The molecule has 0 bridgehead atoms. The van der Waals surface area contributed by atoms with Crippen LogP contribution in [-0.2, 0) is 0 Å². The third kappa shape index (κ3) is 3.07. The number of ketones is 1. The molecular weight excluding hydrogens is 284 g/mol. The van der Waals surface area contributed by atoms with Crippen LogP contribution in [0.3, 0.4) is 0 Å². The van der Waals surface area contributed by atoms with E-state index in [-0.39, 0.29) is 5.56 Å². The van der Waals surface area contributed by atoms with Gasteiger partial charge in [0.25, 0.3) is 5.22 Å². The van der Waals surface area contributed by atoms with E-state index >= 15 is 0 Å². The zero-order chi connectivity index (χ0) is 14.9. The van der Waals surface area contributed by atoms with Gasteiger partial charge in [0.15, 0.2) is 5.78 Å². The van der Waals surface area contributed by atoms with Gasteiger partial charge in [0.05, 0.1) is 16.5 Å². The van der Waals surface area contributed by atoms with Crippen LogP contribution in [0.15, 0.2) is 27.8 Å². The lowest BCUT2D eigenvalue weighted by atomic mass is 10.1. The Morgan fingerprint density at radius 1 is 1.35 bits per heavy atom. The Balaban J connectivity index is 2.18.